The SMILES string of the molecule is CC(C)c1cc(O)c(-c2cnn(C)c2N)cc1Cl. The van der Waals surface area contributed by atoms with Gasteiger partial charge in [-0.05, 0) is 23.6 Å². The van der Waals surface area contributed by atoms with Crippen LogP contribution in [0.2, 0.25) is 5.02 Å². The van der Waals surface area contributed by atoms with Crippen LogP contribution < -0.4 is 5.73 Å². The third-order valence-electron chi connectivity index (χ3n) is 3.01. The Balaban J connectivity index is 2.60. The van der Waals surface area contributed by atoms with E-state index in [0.717, 1.165) is 5.56 Å². The minimum atomic E-state index is 0.169. The molecule has 2 aromatic rings. The highest BCUT2D eigenvalue weighted by Gasteiger charge is 2.15. The summed E-state index contributed by atoms with van der Waals surface area (Å²) < 4.78 is 1.55. The lowest BCUT2D eigenvalue weighted by molar-refractivity contribution is 0.476. The third kappa shape index (κ3) is 2.04. The molecular weight excluding hydrogens is 250 g/mol. The van der Waals surface area contributed by atoms with Crippen molar-refractivity contribution >= 4 is 17.4 Å². The number of nitrogens with two attached hydrogens (primary N) is 1. The van der Waals surface area contributed by atoms with Gasteiger partial charge in [0.2, 0.25) is 0 Å². The second-order valence-electron chi connectivity index (χ2n) is 4.61. The maximum atomic E-state index is 10.1. The molecule has 1 aromatic heterocycles. The Morgan fingerprint density at radius 1 is 1.33 bits per heavy atom. The molecule has 0 aliphatic rings. The van der Waals surface area contributed by atoms with Crippen molar-refractivity contribution in [2.45, 2.75) is 19.8 Å². The Bertz CT molecular complexity index is 590. The van der Waals surface area contributed by atoms with Gasteiger partial charge in [-0.1, -0.05) is 25.4 Å². The highest BCUT2D eigenvalue weighted by Crippen LogP contribution is 2.38. The fraction of sp³-hybridized carbons (Fsp3) is 0.308. The van der Waals surface area contributed by atoms with Crippen molar-refractivity contribution in [1.82, 2.24) is 9.78 Å². The average Bonchev–Trinajstić information content (AvgIpc) is 2.62. The van der Waals surface area contributed by atoms with E-state index in [1.165, 1.54) is 0 Å². The van der Waals surface area contributed by atoms with Crippen molar-refractivity contribution in [3.63, 3.8) is 0 Å². The fourth-order valence-corrected chi connectivity index (χ4v) is 2.27. The Morgan fingerprint density at radius 2 is 2.00 bits per heavy atom. The number of benzene rings is 1. The van der Waals surface area contributed by atoms with Gasteiger partial charge in [0.25, 0.3) is 0 Å². The van der Waals surface area contributed by atoms with E-state index in [1.54, 1.807) is 30.1 Å². The molecule has 96 valence electrons. The van der Waals surface area contributed by atoms with E-state index in [-0.39, 0.29) is 11.7 Å². The molecule has 0 unspecified atom stereocenters. The number of hydrogen-bond donors (Lipinski definition) is 2. The largest absolute Gasteiger partial charge is 0.507 e. The van der Waals surface area contributed by atoms with Gasteiger partial charge in [0.15, 0.2) is 0 Å². The number of phenols is 1. The van der Waals surface area contributed by atoms with E-state index in [1.807, 2.05) is 13.8 Å². The summed E-state index contributed by atoms with van der Waals surface area (Å²) in [5, 5.41) is 14.8. The van der Waals surface area contributed by atoms with Gasteiger partial charge in [-0.15, -0.1) is 0 Å². The average molecular weight is 266 g/mol. The zero-order valence-electron chi connectivity index (χ0n) is 10.6. The van der Waals surface area contributed by atoms with Gasteiger partial charge in [-0.2, -0.15) is 5.10 Å². The lowest BCUT2D eigenvalue weighted by Gasteiger charge is -2.12. The molecule has 0 saturated heterocycles. The maximum absolute atomic E-state index is 10.1. The monoisotopic (exact) mass is 265 g/mol. The summed E-state index contributed by atoms with van der Waals surface area (Å²) in [6.07, 6.45) is 1.62. The fourth-order valence-electron chi connectivity index (χ4n) is 1.89. The number of aromatic hydroxyl groups is 1. The molecule has 0 spiro atoms. The van der Waals surface area contributed by atoms with Crippen molar-refractivity contribution in [3.8, 4) is 16.9 Å². The van der Waals surface area contributed by atoms with E-state index in [0.29, 0.717) is 22.0 Å². The Morgan fingerprint density at radius 3 is 2.50 bits per heavy atom. The van der Waals surface area contributed by atoms with Crippen molar-refractivity contribution < 1.29 is 5.11 Å². The summed E-state index contributed by atoms with van der Waals surface area (Å²) in [6, 6.07) is 3.42. The molecule has 0 aliphatic carbocycles. The number of phenolic OH excluding ortho intramolecular Hbond substituents is 1. The Hall–Kier alpha value is -1.68. The lowest BCUT2D eigenvalue weighted by Crippen LogP contribution is -1.98. The molecule has 0 fully saturated rings. The highest BCUT2D eigenvalue weighted by molar-refractivity contribution is 6.31. The number of halogens is 1. The summed E-state index contributed by atoms with van der Waals surface area (Å²) in [5.41, 5.74) is 8.11. The summed E-state index contributed by atoms with van der Waals surface area (Å²) >= 11 is 6.23. The Labute approximate surface area is 111 Å². The molecule has 5 heteroatoms. The minimum absolute atomic E-state index is 0.169. The van der Waals surface area contributed by atoms with Crippen LogP contribution in [0.15, 0.2) is 18.3 Å². The van der Waals surface area contributed by atoms with Crippen LogP contribution in [0.4, 0.5) is 5.82 Å². The van der Waals surface area contributed by atoms with Gasteiger partial charge in [0.1, 0.15) is 11.6 Å². The number of nitrogen functional groups attached to an aromatic ring is 1. The van der Waals surface area contributed by atoms with Crippen LogP contribution in [-0.4, -0.2) is 14.9 Å². The predicted octanol–water partition coefficient (Wildman–Crippen LogP) is 3.15. The molecule has 0 aliphatic heterocycles. The van der Waals surface area contributed by atoms with Gasteiger partial charge in [0.05, 0.1) is 6.20 Å². The van der Waals surface area contributed by atoms with Crippen LogP contribution in [0.3, 0.4) is 0 Å². The standard InChI is InChI=1S/C13H16ClN3O/c1-7(2)8-5-12(18)9(4-11(8)14)10-6-16-17(3)13(10)15/h4-7,18H,15H2,1-3H3. The first kappa shape index (κ1) is 12.8. The highest BCUT2D eigenvalue weighted by atomic mass is 35.5. The first-order valence-electron chi connectivity index (χ1n) is 5.72. The maximum Gasteiger partial charge on any atom is 0.129 e. The summed E-state index contributed by atoms with van der Waals surface area (Å²) in [6.45, 7) is 4.05. The number of hydrogen-bond acceptors (Lipinski definition) is 3. The van der Waals surface area contributed by atoms with Crippen LogP contribution in [-0.2, 0) is 7.05 Å². The van der Waals surface area contributed by atoms with Crippen LogP contribution in [0.25, 0.3) is 11.1 Å². The van der Waals surface area contributed by atoms with Gasteiger partial charge in [0, 0.05) is 23.2 Å². The molecule has 0 radical (unpaired) electrons. The normalized spacial score (nSPS) is 11.2. The first-order valence-corrected chi connectivity index (χ1v) is 6.09. The van der Waals surface area contributed by atoms with E-state index < -0.39 is 0 Å². The molecular formula is C13H16ClN3O. The molecule has 1 aromatic carbocycles. The van der Waals surface area contributed by atoms with Crippen molar-refractivity contribution in [3.05, 3.63) is 28.9 Å². The molecule has 4 nitrogen and oxygen atoms in total. The van der Waals surface area contributed by atoms with Crippen molar-refractivity contribution in [2.24, 2.45) is 7.05 Å². The third-order valence-corrected chi connectivity index (χ3v) is 3.34. The summed E-state index contributed by atoms with van der Waals surface area (Å²) in [4.78, 5) is 0. The summed E-state index contributed by atoms with van der Waals surface area (Å²) in [5.74, 6) is 0.921. The van der Waals surface area contributed by atoms with E-state index in [4.69, 9.17) is 17.3 Å². The van der Waals surface area contributed by atoms with Crippen molar-refractivity contribution in [2.75, 3.05) is 5.73 Å². The van der Waals surface area contributed by atoms with Crippen LogP contribution in [0.1, 0.15) is 25.3 Å². The number of aryl methyl sites for hydroxylation is 1. The summed E-state index contributed by atoms with van der Waals surface area (Å²) in [7, 11) is 1.75. The molecule has 0 bridgehead atoms. The number of nitrogens with zero attached hydrogens (tertiary/aromatic N) is 2. The Kier molecular flexibility index (Phi) is 3.22. The molecule has 2 rings (SSSR count). The van der Waals surface area contributed by atoms with E-state index >= 15 is 0 Å². The van der Waals surface area contributed by atoms with Gasteiger partial charge >= 0.3 is 0 Å². The van der Waals surface area contributed by atoms with Gasteiger partial charge < -0.3 is 10.8 Å². The second kappa shape index (κ2) is 4.53. The predicted molar refractivity (Wildman–Crippen MR) is 73.8 cm³/mol. The quantitative estimate of drug-likeness (QED) is 0.877. The zero-order valence-corrected chi connectivity index (χ0v) is 11.4. The minimum Gasteiger partial charge on any atom is -0.507 e. The lowest BCUT2D eigenvalue weighted by atomic mass is 9.98. The van der Waals surface area contributed by atoms with Gasteiger partial charge in [-0.3, -0.25) is 4.68 Å². The van der Waals surface area contributed by atoms with Crippen LogP contribution in [0, 0.1) is 0 Å². The smallest absolute Gasteiger partial charge is 0.129 e. The van der Waals surface area contributed by atoms with Crippen molar-refractivity contribution in [1.29, 1.82) is 0 Å². The molecule has 3 N–H and O–H groups in total. The van der Waals surface area contributed by atoms with Crippen LogP contribution in [0.5, 0.6) is 5.75 Å². The molecule has 1 heterocycles. The molecule has 18 heavy (non-hydrogen) atoms. The molecule has 0 atom stereocenters. The van der Waals surface area contributed by atoms with Gasteiger partial charge in [-0.25, -0.2) is 0 Å². The van der Waals surface area contributed by atoms with Crippen LogP contribution >= 0.6 is 11.6 Å². The first-order chi connectivity index (χ1) is 8.41. The zero-order chi connectivity index (χ0) is 13.4. The molecule has 0 saturated carbocycles. The second-order valence-corrected chi connectivity index (χ2v) is 5.02. The number of rotatable bonds is 2. The molecule has 0 amide bonds. The van der Waals surface area contributed by atoms with E-state index in [2.05, 4.69) is 5.10 Å². The number of aromatic nitrogens is 2. The number of anilines is 1. The van der Waals surface area contributed by atoms with E-state index in [9.17, 15) is 5.11 Å². The topological polar surface area (TPSA) is 64.1 Å².